The minimum atomic E-state index is 0.130. The van der Waals surface area contributed by atoms with Crippen LogP contribution in [-0.4, -0.2) is 14.8 Å². The lowest BCUT2D eigenvalue weighted by atomic mass is 10.3. The molecule has 3 rings (SSSR count). The van der Waals surface area contributed by atoms with Gasteiger partial charge in [-0.25, -0.2) is 4.98 Å². The maximum Gasteiger partial charge on any atom is 0.272 e. The summed E-state index contributed by atoms with van der Waals surface area (Å²) in [6.07, 6.45) is 0. The largest absolute Gasteiger partial charge is 0.285 e. The van der Waals surface area contributed by atoms with E-state index in [9.17, 15) is 4.79 Å². The minimum Gasteiger partial charge on any atom is -0.285 e. The fourth-order valence-electron chi connectivity index (χ4n) is 1.82. The van der Waals surface area contributed by atoms with Gasteiger partial charge in [-0.1, -0.05) is 18.7 Å². The first-order valence-electron chi connectivity index (χ1n) is 4.82. The smallest absolute Gasteiger partial charge is 0.272 e. The average molecular weight is 238 g/mol. The second-order valence-electron chi connectivity index (χ2n) is 3.84. The molecule has 0 bridgehead atoms. The highest BCUT2D eigenvalue weighted by Gasteiger charge is 2.23. The highest BCUT2D eigenvalue weighted by Crippen LogP contribution is 2.31. The number of thiophene rings is 1. The number of hydrogen-bond donors (Lipinski definition) is 0. The van der Waals surface area contributed by atoms with Gasteiger partial charge < -0.3 is 0 Å². The third kappa shape index (κ3) is 1.26. The molecule has 1 aliphatic rings. The molecule has 3 heterocycles. The Morgan fingerprint density at radius 1 is 1.60 bits per heavy atom. The van der Waals surface area contributed by atoms with E-state index in [1.165, 1.54) is 11.3 Å². The van der Waals surface area contributed by atoms with Crippen LogP contribution in [0.3, 0.4) is 0 Å². The Labute approximate surface area is 95.1 Å². The Hall–Kier alpha value is -0.810. The van der Waals surface area contributed by atoms with E-state index in [1.54, 1.807) is 16.3 Å². The van der Waals surface area contributed by atoms with Crippen molar-refractivity contribution in [1.82, 2.24) is 9.55 Å². The third-order valence-electron chi connectivity index (χ3n) is 2.57. The van der Waals surface area contributed by atoms with E-state index in [0.29, 0.717) is 5.25 Å². The summed E-state index contributed by atoms with van der Waals surface area (Å²) < 4.78 is 2.60. The van der Waals surface area contributed by atoms with Gasteiger partial charge in [-0.2, -0.15) is 0 Å². The van der Waals surface area contributed by atoms with Crippen molar-refractivity contribution in [1.29, 1.82) is 0 Å². The van der Waals surface area contributed by atoms with Gasteiger partial charge in [0.25, 0.3) is 5.56 Å². The Balaban J connectivity index is 2.41. The van der Waals surface area contributed by atoms with E-state index in [-0.39, 0.29) is 5.56 Å². The fourth-order valence-corrected chi connectivity index (χ4v) is 3.77. The molecule has 15 heavy (non-hydrogen) atoms. The van der Waals surface area contributed by atoms with Crippen LogP contribution in [0.25, 0.3) is 10.2 Å². The van der Waals surface area contributed by atoms with Crippen molar-refractivity contribution in [3.63, 3.8) is 0 Å². The van der Waals surface area contributed by atoms with Gasteiger partial charge in [0, 0.05) is 11.8 Å². The molecule has 0 aromatic carbocycles. The van der Waals surface area contributed by atoms with Crippen molar-refractivity contribution in [2.24, 2.45) is 0 Å². The van der Waals surface area contributed by atoms with Crippen LogP contribution in [0, 0.1) is 6.92 Å². The molecule has 1 unspecified atom stereocenters. The molecule has 2 aromatic heterocycles. The third-order valence-corrected chi connectivity index (χ3v) is 4.72. The maximum absolute atomic E-state index is 12.1. The molecule has 2 aromatic rings. The van der Waals surface area contributed by atoms with Gasteiger partial charge in [-0.05, 0) is 17.9 Å². The predicted molar refractivity (Wildman–Crippen MR) is 63.9 cm³/mol. The summed E-state index contributed by atoms with van der Waals surface area (Å²) in [4.78, 5) is 16.7. The summed E-state index contributed by atoms with van der Waals surface area (Å²) in [6.45, 7) is 4.92. The van der Waals surface area contributed by atoms with Gasteiger partial charge in [0.05, 0.1) is 5.52 Å². The van der Waals surface area contributed by atoms with Crippen LogP contribution in [0.2, 0.25) is 0 Å². The molecule has 1 atom stereocenters. The van der Waals surface area contributed by atoms with E-state index in [0.717, 1.165) is 27.5 Å². The van der Waals surface area contributed by atoms with Crippen LogP contribution in [0.1, 0.15) is 12.5 Å². The first kappa shape index (κ1) is 9.42. The Morgan fingerprint density at radius 2 is 2.40 bits per heavy atom. The topological polar surface area (TPSA) is 34.9 Å². The predicted octanol–water partition coefficient (Wildman–Crippen LogP) is 2.26. The summed E-state index contributed by atoms with van der Waals surface area (Å²) in [5, 5.41) is 3.34. The molecule has 0 saturated carbocycles. The van der Waals surface area contributed by atoms with Crippen molar-refractivity contribution in [2.75, 3.05) is 0 Å². The van der Waals surface area contributed by atoms with E-state index in [1.807, 2.05) is 12.3 Å². The number of nitrogens with zero attached hydrogens (tertiary/aromatic N) is 2. The zero-order valence-corrected chi connectivity index (χ0v) is 10.1. The summed E-state index contributed by atoms with van der Waals surface area (Å²) in [7, 11) is 0. The summed E-state index contributed by atoms with van der Waals surface area (Å²) in [6, 6.07) is 0. The number of thioether (sulfide) groups is 1. The van der Waals surface area contributed by atoms with Crippen molar-refractivity contribution in [2.45, 2.75) is 30.8 Å². The van der Waals surface area contributed by atoms with Gasteiger partial charge in [-0.15, -0.1) is 11.3 Å². The molecule has 78 valence electrons. The molecular weight excluding hydrogens is 228 g/mol. The molecular formula is C10H10N2OS2. The zero-order valence-electron chi connectivity index (χ0n) is 8.48. The normalized spacial score (nSPS) is 19.7. The Morgan fingerprint density at radius 3 is 3.20 bits per heavy atom. The zero-order chi connectivity index (χ0) is 10.6. The van der Waals surface area contributed by atoms with Crippen molar-refractivity contribution < 1.29 is 0 Å². The quantitative estimate of drug-likeness (QED) is 0.660. The number of aromatic nitrogens is 2. The van der Waals surface area contributed by atoms with Gasteiger partial charge in [0.2, 0.25) is 0 Å². The van der Waals surface area contributed by atoms with E-state index in [4.69, 9.17) is 0 Å². The van der Waals surface area contributed by atoms with Crippen molar-refractivity contribution in [3.05, 3.63) is 21.3 Å². The lowest BCUT2D eigenvalue weighted by Gasteiger charge is -2.00. The Kier molecular flexibility index (Phi) is 1.94. The van der Waals surface area contributed by atoms with Crippen LogP contribution < -0.4 is 5.56 Å². The monoisotopic (exact) mass is 238 g/mol. The average Bonchev–Trinajstić information content (AvgIpc) is 2.72. The molecule has 1 aliphatic heterocycles. The van der Waals surface area contributed by atoms with E-state index in [2.05, 4.69) is 11.9 Å². The lowest BCUT2D eigenvalue weighted by molar-refractivity contribution is 0.629. The minimum absolute atomic E-state index is 0.130. The fraction of sp³-hybridized carbons (Fsp3) is 0.400. The van der Waals surface area contributed by atoms with E-state index < -0.39 is 0 Å². The van der Waals surface area contributed by atoms with Crippen LogP contribution in [0.5, 0.6) is 0 Å². The molecule has 0 spiro atoms. The molecule has 0 fully saturated rings. The summed E-state index contributed by atoms with van der Waals surface area (Å²) in [5.74, 6) is 0. The maximum atomic E-state index is 12.1. The molecule has 0 N–H and O–H groups in total. The van der Waals surface area contributed by atoms with Crippen LogP contribution in [-0.2, 0) is 6.54 Å². The first-order chi connectivity index (χ1) is 7.16. The Bertz CT molecular complexity index is 599. The van der Waals surface area contributed by atoms with Crippen LogP contribution in [0.15, 0.2) is 15.3 Å². The molecule has 5 heteroatoms. The number of hydrogen-bond acceptors (Lipinski definition) is 4. The van der Waals surface area contributed by atoms with Gasteiger partial charge in [-0.3, -0.25) is 9.36 Å². The van der Waals surface area contributed by atoms with Crippen LogP contribution in [0.4, 0.5) is 0 Å². The van der Waals surface area contributed by atoms with Gasteiger partial charge in [0.15, 0.2) is 5.16 Å². The SMILES string of the molecule is Cc1csc2c(=O)n3c(nc12)SC(C)C3. The second-order valence-corrected chi connectivity index (χ2v) is 6.12. The van der Waals surface area contributed by atoms with Crippen molar-refractivity contribution in [3.8, 4) is 0 Å². The molecule has 0 saturated heterocycles. The molecule has 3 nitrogen and oxygen atoms in total. The van der Waals surface area contributed by atoms with E-state index >= 15 is 0 Å². The summed E-state index contributed by atoms with van der Waals surface area (Å²) >= 11 is 3.19. The highest BCUT2D eigenvalue weighted by molar-refractivity contribution is 7.99. The number of fused-ring (bicyclic) bond motifs is 2. The number of aryl methyl sites for hydroxylation is 1. The van der Waals surface area contributed by atoms with Gasteiger partial charge >= 0.3 is 0 Å². The first-order valence-corrected chi connectivity index (χ1v) is 6.58. The highest BCUT2D eigenvalue weighted by atomic mass is 32.2. The second kappa shape index (κ2) is 3.09. The standard InChI is InChI=1S/C10H10N2OS2/c1-5-4-14-8-7(5)11-10-12(9(8)13)3-6(2)15-10/h4,6H,3H2,1-2H3. The molecule has 0 amide bonds. The van der Waals surface area contributed by atoms with Gasteiger partial charge in [0.1, 0.15) is 4.70 Å². The summed E-state index contributed by atoms with van der Waals surface area (Å²) in [5.41, 5.74) is 2.12. The lowest BCUT2D eigenvalue weighted by Crippen LogP contribution is -2.20. The van der Waals surface area contributed by atoms with Crippen LogP contribution >= 0.6 is 23.1 Å². The van der Waals surface area contributed by atoms with Crippen molar-refractivity contribution >= 4 is 33.3 Å². The molecule has 0 aliphatic carbocycles. The molecule has 0 radical (unpaired) electrons. The number of rotatable bonds is 0.